The van der Waals surface area contributed by atoms with Gasteiger partial charge in [-0.15, -0.1) is 11.3 Å². The van der Waals surface area contributed by atoms with Crippen molar-refractivity contribution in [1.29, 1.82) is 0 Å². The number of hydrogen-bond donors (Lipinski definition) is 2. The quantitative estimate of drug-likeness (QED) is 0.620. The topological polar surface area (TPSA) is 55.9 Å². The first-order valence-electron chi connectivity index (χ1n) is 7.51. The maximum atomic E-state index is 5.72. The number of thiophene rings is 1. The van der Waals surface area contributed by atoms with Crippen molar-refractivity contribution in [2.45, 2.75) is 50.6 Å². The molecule has 0 radical (unpaired) electrons. The van der Waals surface area contributed by atoms with Gasteiger partial charge in [-0.2, -0.15) is 5.10 Å². The van der Waals surface area contributed by atoms with E-state index in [4.69, 9.17) is 10.9 Å². The molecule has 1 atom stereocenters. The van der Waals surface area contributed by atoms with Crippen molar-refractivity contribution < 1.29 is 0 Å². The summed E-state index contributed by atoms with van der Waals surface area (Å²) in [7, 11) is 0. The summed E-state index contributed by atoms with van der Waals surface area (Å²) >= 11 is 5.22. The first-order valence-corrected chi connectivity index (χ1v) is 9.12. The van der Waals surface area contributed by atoms with Crippen molar-refractivity contribution in [3.63, 3.8) is 0 Å². The minimum Gasteiger partial charge on any atom is -0.271 e. The molecule has 6 heteroatoms. The maximum absolute atomic E-state index is 5.72. The lowest BCUT2D eigenvalue weighted by atomic mass is 9.96. The summed E-state index contributed by atoms with van der Waals surface area (Å²) in [6.07, 6.45) is 9.50. The van der Waals surface area contributed by atoms with Crippen LogP contribution in [0.15, 0.2) is 28.2 Å². The van der Waals surface area contributed by atoms with Gasteiger partial charge in [-0.25, -0.2) is 0 Å². The molecule has 0 amide bonds. The third-order valence-electron chi connectivity index (χ3n) is 4.16. The number of aromatic nitrogens is 2. The molecule has 1 unspecified atom stereocenters. The number of hydrogen-bond acceptors (Lipinski definition) is 4. The van der Waals surface area contributed by atoms with Crippen LogP contribution in [0.1, 0.15) is 54.8 Å². The van der Waals surface area contributed by atoms with E-state index in [0.29, 0.717) is 6.04 Å². The second-order valence-electron chi connectivity index (χ2n) is 5.64. The van der Waals surface area contributed by atoms with Crippen LogP contribution in [0.5, 0.6) is 0 Å². The number of nitrogens with zero attached hydrogens (tertiary/aromatic N) is 2. The zero-order valence-corrected chi connectivity index (χ0v) is 14.4. The van der Waals surface area contributed by atoms with E-state index in [1.165, 1.54) is 37.0 Å². The molecule has 1 saturated carbocycles. The first-order chi connectivity index (χ1) is 10.3. The summed E-state index contributed by atoms with van der Waals surface area (Å²) in [5.74, 6) is 5.72. The van der Waals surface area contributed by atoms with Crippen LogP contribution in [0, 0.1) is 0 Å². The number of hydrazine groups is 1. The lowest BCUT2D eigenvalue weighted by Crippen LogP contribution is -2.29. The van der Waals surface area contributed by atoms with Gasteiger partial charge in [0.2, 0.25) is 0 Å². The van der Waals surface area contributed by atoms with E-state index in [1.54, 1.807) is 11.3 Å². The van der Waals surface area contributed by atoms with Gasteiger partial charge < -0.3 is 0 Å². The van der Waals surface area contributed by atoms with Gasteiger partial charge in [0.25, 0.3) is 0 Å². The van der Waals surface area contributed by atoms with Crippen LogP contribution < -0.4 is 11.3 Å². The Labute approximate surface area is 137 Å². The molecule has 0 spiro atoms. The van der Waals surface area contributed by atoms with Crippen molar-refractivity contribution in [2.75, 3.05) is 0 Å². The molecular weight excluding hydrogens is 348 g/mol. The molecule has 3 rings (SSSR count). The molecule has 1 aliphatic rings. The summed E-state index contributed by atoms with van der Waals surface area (Å²) < 4.78 is 3.29. The third kappa shape index (κ3) is 3.74. The zero-order chi connectivity index (χ0) is 14.7. The molecule has 3 N–H and O–H groups in total. The fourth-order valence-corrected chi connectivity index (χ4v) is 4.49. The average molecular weight is 369 g/mol. The number of rotatable bonds is 5. The third-order valence-corrected chi connectivity index (χ3v) is 5.90. The summed E-state index contributed by atoms with van der Waals surface area (Å²) in [5.41, 5.74) is 4.01. The highest BCUT2D eigenvalue weighted by Crippen LogP contribution is 2.30. The Kier molecular flexibility index (Phi) is 5.11. The van der Waals surface area contributed by atoms with Crippen LogP contribution in [0.2, 0.25) is 0 Å². The minimum absolute atomic E-state index is 0.121. The highest BCUT2D eigenvalue weighted by atomic mass is 79.9. The summed E-state index contributed by atoms with van der Waals surface area (Å²) in [6, 6.07) is 7.01. The molecule has 4 nitrogen and oxygen atoms in total. The largest absolute Gasteiger partial charge is 0.271 e. The number of halogens is 1. The molecule has 0 bridgehead atoms. The molecule has 1 aliphatic carbocycles. The SMILES string of the molecule is NNC(Cc1ccn(C2CCCCC2)n1)c1ccc(Br)s1. The van der Waals surface area contributed by atoms with E-state index in [1.807, 2.05) is 0 Å². The average Bonchev–Trinajstić information content (AvgIpc) is 3.15. The van der Waals surface area contributed by atoms with Gasteiger partial charge in [0.1, 0.15) is 0 Å². The fraction of sp³-hybridized carbons (Fsp3) is 0.533. The summed E-state index contributed by atoms with van der Waals surface area (Å²) in [6.45, 7) is 0. The zero-order valence-electron chi connectivity index (χ0n) is 12.0. The van der Waals surface area contributed by atoms with Gasteiger partial charge in [0, 0.05) is 17.5 Å². The molecule has 114 valence electrons. The Morgan fingerprint density at radius 1 is 1.33 bits per heavy atom. The molecule has 2 heterocycles. The normalized spacial score (nSPS) is 18.0. The maximum Gasteiger partial charge on any atom is 0.0702 e. The molecule has 2 aromatic rings. The highest BCUT2D eigenvalue weighted by molar-refractivity contribution is 9.11. The van der Waals surface area contributed by atoms with Gasteiger partial charge in [-0.05, 0) is 47.0 Å². The second kappa shape index (κ2) is 7.05. The monoisotopic (exact) mass is 368 g/mol. The molecule has 0 aliphatic heterocycles. The van der Waals surface area contributed by atoms with Gasteiger partial charge in [-0.3, -0.25) is 16.0 Å². The molecule has 2 aromatic heterocycles. The van der Waals surface area contributed by atoms with Crippen LogP contribution >= 0.6 is 27.3 Å². The van der Waals surface area contributed by atoms with E-state index >= 15 is 0 Å². The van der Waals surface area contributed by atoms with E-state index in [9.17, 15) is 0 Å². The van der Waals surface area contributed by atoms with Crippen molar-refractivity contribution in [3.8, 4) is 0 Å². The van der Waals surface area contributed by atoms with E-state index in [0.717, 1.165) is 15.9 Å². The molecule has 0 aromatic carbocycles. The van der Waals surface area contributed by atoms with Gasteiger partial charge >= 0.3 is 0 Å². The number of nitrogens with two attached hydrogens (primary N) is 1. The Bertz CT molecular complexity index is 574. The summed E-state index contributed by atoms with van der Waals surface area (Å²) in [4.78, 5) is 1.23. The predicted octanol–water partition coefficient (Wildman–Crippen LogP) is 3.96. The van der Waals surface area contributed by atoms with Gasteiger partial charge in [-0.1, -0.05) is 19.3 Å². The Balaban J connectivity index is 1.68. The fourth-order valence-electron chi connectivity index (χ4n) is 3.00. The Morgan fingerprint density at radius 2 is 2.14 bits per heavy atom. The van der Waals surface area contributed by atoms with Crippen LogP contribution in [0.4, 0.5) is 0 Å². The molecular formula is C15H21BrN4S. The molecule has 0 saturated heterocycles. The van der Waals surface area contributed by atoms with Gasteiger partial charge in [0.15, 0.2) is 0 Å². The number of nitrogens with one attached hydrogen (secondary N) is 1. The predicted molar refractivity (Wildman–Crippen MR) is 90.1 cm³/mol. The highest BCUT2D eigenvalue weighted by Gasteiger charge is 2.18. The minimum atomic E-state index is 0.121. The van der Waals surface area contributed by atoms with Crippen LogP contribution in [-0.4, -0.2) is 9.78 Å². The van der Waals surface area contributed by atoms with Crippen molar-refractivity contribution in [3.05, 3.63) is 38.8 Å². The smallest absolute Gasteiger partial charge is 0.0702 e. The standard InChI is InChI=1S/C15H21BrN4S/c16-15-7-6-14(21-15)13(18-17)10-11-8-9-20(19-11)12-4-2-1-3-5-12/h6-9,12-13,18H,1-5,10,17H2. The van der Waals surface area contributed by atoms with Gasteiger partial charge in [0.05, 0.1) is 21.6 Å². The Morgan fingerprint density at radius 3 is 2.81 bits per heavy atom. The van der Waals surface area contributed by atoms with E-state index < -0.39 is 0 Å². The lowest BCUT2D eigenvalue weighted by Gasteiger charge is -2.21. The van der Waals surface area contributed by atoms with Crippen LogP contribution in [0.25, 0.3) is 0 Å². The Hall–Kier alpha value is -0.690. The van der Waals surface area contributed by atoms with Crippen molar-refractivity contribution in [2.24, 2.45) is 5.84 Å². The lowest BCUT2D eigenvalue weighted by molar-refractivity contribution is 0.327. The van der Waals surface area contributed by atoms with Crippen molar-refractivity contribution in [1.82, 2.24) is 15.2 Å². The van der Waals surface area contributed by atoms with Crippen LogP contribution in [-0.2, 0) is 6.42 Å². The van der Waals surface area contributed by atoms with Crippen LogP contribution in [0.3, 0.4) is 0 Å². The second-order valence-corrected chi connectivity index (χ2v) is 8.14. The molecule has 21 heavy (non-hydrogen) atoms. The van der Waals surface area contributed by atoms with Crippen molar-refractivity contribution >= 4 is 27.3 Å². The first kappa shape index (κ1) is 15.2. The van der Waals surface area contributed by atoms with E-state index in [-0.39, 0.29) is 6.04 Å². The van der Waals surface area contributed by atoms with E-state index in [2.05, 4.69) is 50.4 Å². The summed E-state index contributed by atoms with van der Waals surface area (Å²) in [5, 5.41) is 4.77. The molecule has 1 fully saturated rings.